The fourth-order valence-electron chi connectivity index (χ4n) is 5.11. The molecule has 1 atom stereocenters. The van der Waals surface area contributed by atoms with E-state index in [1.807, 2.05) is 0 Å². The molecule has 4 aliphatic carbocycles. The monoisotopic (exact) mass is 281 g/mol. The Morgan fingerprint density at radius 1 is 1.20 bits per heavy atom. The number of carbonyl (C=O) groups excluding carboxylic acids is 1. The van der Waals surface area contributed by atoms with E-state index in [0.29, 0.717) is 31.4 Å². The van der Waals surface area contributed by atoms with Crippen LogP contribution in [0.15, 0.2) is 0 Å². The van der Waals surface area contributed by atoms with Crippen LogP contribution in [0.3, 0.4) is 0 Å². The van der Waals surface area contributed by atoms with Crippen molar-refractivity contribution in [1.29, 1.82) is 0 Å². The Hall–Kier alpha value is -0.610. The Labute approximate surface area is 121 Å². The van der Waals surface area contributed by atoms with Gasteiger partial charge in [0.1, 0.15) is 0 Å². The number of methoxy groups -OCH3 is 1. The molecule has 0 saturated heterocycles. The highest BCUT2D eigenvalue weighted by Gasteiger charge is 2.50. The van der Waals surface area contributed by atoms with Gasteiger partial charge in [-0.3, -0.25) is 4.79 Å². The van der Waals surface area contributed by atoms with Crippen LogP contribution >= 0.6 is 0 Å². The van der Waals surface area contributed by atoms with Crippen molar-refractivity contribution < 1.29 is 14.6 Å². The normalized spacial score (nSPS) is 39.8. The average Bonchev–Trinajstić information content (AvgIpc) is 2.37. The lowest BCUT2D eigenvalue weighted by atomic mass is 9.51. The maximum absolute atomic E-state index is 12.4. The molecule has 4 saturated carbocycles. The molecule has 0 radical (unpaired) electrons. The summed E-state index contributed by atoms with van der Waals surface area (Å²) in [4.78, 5) is 12.4. The fourth-order valence-corrected chi connectivity index (χ4v) is 5.11. The van der Waals surface area contributed by atoms with E-state index in [-0.39, 0.29) is 11.8 Å². The first-order valence-electron chi connectivity index (χ1n) is 8.12. The molecule has 0 aromatic heterocycles. The summed E-state index contributed by atoms with van der Waals surface area (Å²) in [6.45, 7) is 0.903. The number of aliphatic hydroxyl groups excluding tert-OH is 1. The lowest BCUT2D eigenvalue weighted by Gasteiger charge is -2.53. The highest BCUT2D eigenvalue weighted by Crippen LogP contribution is 2.56. The fraction of sp³-hybridized carbons (Fsp3) is 0.938. The van der Waals surface area contributed by atoms with E-state index in [9.17, 15) is 9.90 Å². The van der Waals surface area contributed by atoms with Crippen molar-refractivity contribution in [3.8, 4) is 0 Å². The van der Waals surface area contributed by atoms with Crippen molar-refractivity contribution in [2.45, 2.75) is 44.6 Å². The van der Waals surface area contributed by atoms with Crippen LogP contribution in [0.1, 0.15) is 38.5 Å². The number of aliphatic hydroxyl groups is 1. The number of rotatable bonds is 6. The van der Waals surface area contributed by atoms with Gasteiger partial charge in [-0.25, -0.2) is 0 Å². The van der Waals surface area contributed by atoms with Gasteiger partial charge in [0, 0.05) is 19.6 Å². The van der Waals surface area contributed by atoms with Crippen LogP contribution in [0.25, 0.3) is 0 Å². The molecule has 2 N–H and O–H groups in total. The first kappa shape index (κ1) is 14.3. The number of hydrogen-bond donors (Lipinski definition) is 2. The van der Waals surface area contributed by atoms with Crippen LogP contribution in [0.5, 0.6) is 0 Å². The summed E-state index contributed by atoms with van der Waals surface area (Å²) in [5.74, 6) is 3.58. The van der Waals surface area contributed by atoms with Gasteiger partial charge in [-0.05, 0) is 62.2 Å². The number of ether oxygens (including phenoxy) is 1. The molecule has 4 aliphatic rings. The Morgan fingerprint density at radius 3 is 2.35 bits per heavy atom. The van der Waals surface area contributed by atoms with Crippen LogP contribution < -0.4 is 5.32 Å². The second kappa shape index (κ2) is 6.02. The quantitative estimate of drug-likeness (QED) is 0.777. The number of nitrogens with one attached hydrogen (secondary N) is 1. The molecule has 0 aromatic carbocycles. The highest BCUT2D eigenvalue weighted by atomic mass is 16.5. The third-order valence-electron chi connectivity index (χ3n) is 5.67. The second-order valence-electron chi connectivity index (χ2n) is 7.15. The Kier molecular flexibility index (Phi) is 4.32. The summed E-state index contributed by atoms with van der Waals surface area (Å²) in [5, 5.41) is 12.6. The summed E-state index contributed by atoms with van der Waals surface area (Å²) >= 11 is 0. The van der Waals surface area contributed by atoms with Gasteiger partial charge in [0.25, 0.3) is 0 Å². The topological polar surface area (TPSA) is 58.6 Å². The molecule has 4 fully saturated rings. The molecule has 0 aliphatic heterocycles. The lowest BCUT2D eigenvalue weighted by molar-refractivity contribution is -0.138. The molecule has 4 bridgehead atoms. The van der Waals surface area contributed by atoms with E-state index in [1.165, 1.54) is 32.1 Å². The summed E-state index contributed by atoms with van der Waals surface area (Å²) in [6.07, 6.45) is 6.62. The largest absolute Gasteiger partial charge is 0.391 e. The van der Waals surface area contributed by atoms with Gasteiger partial charge < -0.3 is 15.2 Å². The molecule has 4 heteroatoms. The Balaban J connectivity index is 1.48. The first-order chi connectivity index (χ1) is 9.67. The molecule has 1 unspecified atom stereocenters. The zero-order chi connectivity index (χ0) is 14.1. The van der Waals surface area contributed by atoms with E-state index in [4.69, 9.17) is 4.74 Å². The van der Waals surface area contributed by atoms with E-state index in [2.05, 4.69) is 5.32 Å². The maximum Gasteiger partial charge on any atom is 0.223 e. The van der Waals surface area contributed by atoms with E-state index >= 15 is 0 Å². The number of hydrogen-bond acceptors (Lipinski definition) is 3. The third kappa shape index (κ3) is 2.86. The number of carbonyl (C=O) groups is 1. The molecule has 1 amide bonds. The van der Waals surface area contributed by atoms with Gasteiger partial charge in [-0.1, -0.05) is 0 Å². The van der Waals surface area contributed by atoms with E-state index < -0.39 is 6.10 Å². The lowest BCUT2D eigenvalue weighted by Crippen LogP contribution is -2.51. The van der Waals surface area contributed by atoms with Crippen molar-refractivity contribution in [1.82, 2.24) is 5.32 Å². The average molecular weight is 281 g/mol. The van der Waals surface area contributed by atoms with E-state index in [0.717, 1.165) is 11.8 Å². The molecule has 4 nitrogen and oxygen atoms in total. The van der Waals surface area contributed by atoms with Crippen LogP contribution in [0, 0.1) is 29.6 Å². The minimum atomic E-state index is -0.473. The summed E-state index contributed by atoms with van der Waals surface area (Å²) in [5.41, 5.74) is 0. The van der Waals surface area contributed by atoms with Crippen molar-refractivity contribution in [3.05, 3.63) is 0 Å². The predicted octanol–water partition coefficient (Wildman–Crippen LogP) is 1.57. The second-order valence-corrected chi connectivity index (χ2v) is 7.15. The molecule has 0 aromatic rings. The van der Waals surface area contributed by atoms with Gasteiger partial charge in [0.15, 0.2) is 0 Å². The molecule has 4 rings (SSSR count). The minimum Gasteiger partial charge on any atom is -0.391 e. The van der Waals surface area contributed by atoms with Gasteiger partial charge in [-0.15, -0.1) is 0 Å². The van der Waals surface area contributed by atoms with Gasteiger partial charge >= 0.3 is 0 Å². The standard InChI is InChI=1S/C16H27NO3/c1-20-9-14(18)2-3-17-16(19)15-12-5-10-4-11(7-12)8-13(15)6-10/h10-15,18H,2-9H2,1H3,(H,17,19). The first-order valence-corrected chi connectivity index (χ1v) is 8.12. The zero-order valence-electron chi connectivity index (χ0n) is 12.4. The molecule has 114 valence electrons. The molecular formula is C16H27NO3. The van der Waals surface area contributed by atoms with Crippen molar-refractivity contribution >= 4 is 5.91 Å². The molecule has 20 heavy (non-hydrogen) atoms. The van der Waals surface area contributed by atoms with E-state index in [1.54, 1.807) is 7.11 Å². The SMILES string of the molecule is COCC(O)CCNC(=O)C1C2CC3CC(C2)CC1C3. The minimum absolute atomic E-state index is 0.239. The third-order valence-corrected chi connectivity index (χ3v) is 5.67. The smallest absolute Gasteiger partial charge is 0.223 e. The van der Waals surface area contributed by atoms with Crippen LogP contribution in [-0.2, 0) is 9.53 Å². The van der Waals surface area contributed by atoms with Crippen LogP contribution in [0.4, 0.5) is 0 Å². The predicted molar refractivity (Wildman–Crippen MR) is 76.0 cm³/mol. The van der Waals surface area contributed by atoms with Crippen LogP contribution in [-0.4, -0.2) is 37.4 Å². The van der Waals surface area contributed by atoms with Gasteiger partial charge in [0.2, 0.25) is 5.91 Å². The van der Waals surface area contributed by atoms with Crippen LogP contribution in [0.2, 0.25) is 0 Å². The van der Waals surface area contributed by atoms with Gasteiger partial charge in [0.05, 0.1) is 12.7 Å². The van der Waals surface area contributed by atoms with Crippen molar-refractivity contribution in [3.63, 3.8) is 0 Å². The summed E-state index contributed by atoms with van der Waals surface area (Å²) < 4.78 is 4.89. The highest BCUT2D eigenvalue weighted by molar-refractivity contribution is 5.79. The molecule has 0 spiro atoms. The zero-order valence-corrected chi connectivity index (χ0v) is 12.4. The molecule has 0 heterocycles. The Morgan fingerprint density at radius 2 is 1.80 bits per heavy atom. The van der Waals surface area contributed by atoms with Gasteiger partial charge in [-0.2, -0.15) is 0 Å². The summed E-state index contributed by atoms with van der Waals surface area (Å²) in [7, 11) is 1.58. The van der Waals surface area contributed by atoms with Crippen molar-refractivity contribution in [2.24, 2.45) is 29.6 Å². The molecular weight excluding hydrogens is 254 g/mol. The maximum atomic E-state index is 12.4. The summed E-state index contributed by atoms with van der Waals surface area (Å²) in [6, 6.07) is 0. The Bertz CT molecular complexity index is 330. The van der Waals surface area contributed by atoms with Crippen molar-refractivity contribution in [2.75, 3.05) is 20.3 Å². The number of amides is 1.